The number of aromatic nitrogens is 7. The zero-order chi connectivity index (χ0) is 18.1. The predicted octanol–water partition coefficient (Wildman–Crippen LogP) is 2.77. The number of anilines is 1. The number of fused-ring (bicyclic) bond motifs is 1. The van der Waals surface area contributed by atoms with E-state index in [1.54, 1.807) is 18.9 Å². The first-order chi connectivity index (χ1) is 12.5. The van der Waals surface area contributed by atoms with Crippen LogP contribution in [0.15, 0.2) is 49.2 Å². The molecule has 3 aromatic heterocycles. The normalized spacial score (nSPS) is 11.8. The van der Waals surface area contributed by atoms with E-state index in [0.717, 1.165) is 28.4 Å². The maximum absolute atomic E-state index is 4.48. The summed E-state index contributed by atoms with van der Waals surface area (Å²) in [6.45, 7) is 6.77. The molecular weight excluding hydrogens is 328 g/mol. The van der Waals surface area contributed by atoms with E-state index in [2.05, 4.69) is 51.2 Å². The van der Waals surface area contributed by atoms with Crippen molar-refractivity contribution in [2.45, 2.75) is 32.9 Å². The van der Waals surface area contributed by atoms with Crippen molar-refractivity contribution in [1.29, 1.82) is 0 Å². The van der Waals surface area contributed by atoms with Crippen LogP contribution in [0.1, 0.15) is 26.6 Å². The fourth-order valence-corrected chi connectivity index (χ4v) is 2.81. The first kappa shape index (κ1) is 16.2. The van der Waals surface area contributed by atoms with E-state index in [0.29, 0.717) is 6.54 Å². The molecule has 0 saturated carbocycles. The van der Waals surface area contributed by atoms with Crippen molar-refractivity contribution < 1.29 is 0 Å². The molecule has 0 aliphatic carbocycles. The second-order valence-corrected chi connectivity index (χ2v) is 6.96. The van der Waals surface area contributed by atoms with Crippen LogP contribution < -0.4 is 5.32 Å². The van der Waals surface area contributed by atoms with Gasteiger partial charge < -0.3 is 5.32 Å². The summed E-state index contributed by atoms with van der Waals surface area (Å²) in [5, 5.41) is 13.0. The van der Waals surface area contributed by atoms with Gasteiger partial charge in [-0.15, -0.1) is 0 Å². The van der Waals surface area contributed by atoms with Gasteiger partial charge in [-0.3, -0.25) is 0 Å². The monoisotopic (exact) mass is 348 g/mol. The first-order valence-electron chi connectivity index (χ1n) is 8.41. The third-order valence-corrected chi connectivity index (χ3v) is 4.03. The van der Waals surface area contributed by atoms with Crippen molar-refractivity contribution in [3.05, 3.63) is 55.0 Å². The molecule has 8 heteroatoms. The highest BCUT2D eigenvalue weighted by Crippen LogP contribution is 2.24. The van der Waals surface area contributed by atoms with Gasteiger partial charge in [0, 0.05) is 0 Å². The van der Waals surface area contributed by atoms with E-state index < -0.39 is 0 Å². The molecule has 26 heavy (non-hydrogen) atoms. The van der Waals surface area contributed by atoms with Crippen LogP contribution in [0.4, 0.5) is 5.82 Å². The highest BCUT2D eigenvalue weighted by Gasteiger charge is 2.19. The van der Waals surface area contributed by atoms with E-state index in [4.69, 9.17) is 0 Å². The fourth-order valence-electron chi connectivity index (χ4n) is 2.81. The largest absolute Gasteiger partial charge is 0.362 e. The number of benzene rings is 1. The minimum Gasteiger partial charge on any atom is -0.362 e. The van der Waals surface area contributed by atoms with Gasteiger partial charge in [-0.05, 0) is 32.9 Å². The highest BCUT2D eigenvalue weighted by molar-refractivity contribution is 5.86. The third-order valence-electron chi connectivity index (χ3n) is 4.03. The number of rotatable bonds is 4. The van der Waals surface area contributed by atoms with Crippen molar-refractivity contribution in [2.24, 2.45) is 0 Å². The first-order valence-corrected chi connectivity index (χ1v) is 8.41. The molecule has 0 saturated heterocycles. The molecule has 3 heterocycles. The van der Waals surface area contributed by atoms with Crippen molar-refractivity contribution in [3.63, 3.8) is 0 Å². The Hall–Kier alpha value is -3.29. The third kappa shape index (κ3) is 2.90. The van der Waals surface area contributed by atoms with Crippen LogP contribution >= 0.6 is 0 Å². The Balaban J connectivity index is 1.62. The van der Waals surface area contributed by atoms with Gasteiger partial charge in [-0.1, -0.05) is 18.2 Å². The fraction of sp³-hybridized carbons (Fsp3) is 0.278. The summed E-state index contributed by atoms with van der Waals surface area (Å²) in [5.74, 6) is 1.53. The van der Waals surface area contributed by atoms with Crippen LogP contribution in [-0.4, -0.2) is 34.5 Å². The standard InChI is InChI=1S/C18H20N8/c1-18(2,3)26-17-14(9-23-26)16(21-11-22-17)19-10-15-20-12-24-25(15)13-7-5-4-6-8-13/h4-9,11-12H,10H2,1-3H3,(H,19,21,22). The van der Waals surface area contributed by atoms with E-state index >= 15 is 0 Å². The molecule has 132 valence electrons. The summed E-state index contributed by atoms with van der Waals surface area (Å²) in [4.78, 5) is 13.1. The summed E-state index contributed by atoms with van der Waals surface area (Å²) < 4.78 is 3.71. The number of hydrogen-bond acceptors (Lipinski definition) is 6. The molecular formula is C18H20N8. The topological polar surface area (TPSA) is 86.3 Å². The van der Waals surface area contributed by atoms with Gasteiger partial charge >= 0.3 is 0 Å². The molecule has 1 aromatic carbocycles. The van der Waals surface area contributed by atoms with Crippen molar-refractivity contribution in [3.8, 4) is 5.69 Å². The Kier molecular flexibility index (Phi) is 3.87. The molecule has 0 fully saturated rings. The lowest BCUT2D eigenvalue weighted by Crippen LogP contribution is -2.23. The van der Waals surface area contributed by atoms with Gasteiger partial charge in [0.2, 0.25) is 0 Å². The minimum absolute atomic E-state index is 0.152. The zero-order valence-electron chi connectivity index (χ0n) is 15.0. The second-order valence-electron chi connectivity index (χ2n) is 6.96. The molecule has 0 amide bonds. The average molecular weight is 348 g/mol. The van der Waals surface area contributed by atoms with Crippen LogP contribution in [0.5, 0.6) is 0 Å². The number of nitrogens with zero attached hydrogens (tertiary/aromatic N) is 7. The van der Waals surface area contributed by atoms with Crippen LogP contribution in [0.2, 0.25) is 0 Å². The van der Waals surface area contributed by atoms with Crippen LogP contribution in [0.25, 0.3) is 16.7 Å². The molecule has 8 nitrogen and oxygen atoms in total. The van der Waals surface area contributed by atoms with Crippen LogP contribution in [-0.2, 0) is 12.1 Å². The van der Waals surface area contributed by atoms with E-state index in [1.807, 2.05) is 39.7 Å². The molecule has 0 atom stereocenters. The minimum atomic E-state index is -0.152. The quantitative estimate of drug-likeness (QED) is 0.610. The average Bonchev–Trinajstić information content (AvgIpc) is 3.27. The molecule has 0 unspecified atom stereocenters. The Morgan fingerprint density at radius 3 is 2.54 bits per heavy atom. The molecule has 0 aliphatic heterocycles. The van der Waals surface area contributed by atoms with Gasteiger partial charge in [0.25, 0.3) is 0 Å². The molecule has 4 rings (SSSR count). The number of nitrogens with one attached hydrogen (secondary N) is 1. The van der Waals surface area contributed by atoms with Gasteiger partial charge in [0.15, 0.2) is 11.5 Å². The predicted molar refractivity (Wildman–Crippen MR) is 99.0 cm³/mol. The Labute approximate surface area is 150 Å². The Morgan fingerprint density at radius 1 is 0.962 bits per heavy atom. The summed E-state index contributed by atoms with van der Waals surface area (Å²) in [7, 11) is 0. The maximum atomic E-state index is 4.48. The summed E-state index contributed by atoms with van der Waals surface area (Å²) >= 11 is 0. The van der Waals surface area contributed by atoms with Gasteiger partial charge in [-0.25, -0.2) is 24.3 Å². The summed E-state index contributed by atoms with van der Waals surface area (Å²) in [6.07, 6.45) is 4.90. The van der Waals surface area contributed by atoms with Crippen LogP contribution in [0.3, 0.4) is 0 Å². The highest BCUT2D eigenvalue weighted by atomic mass is 15.4. The molecule has 0 radical (unpaired) electrons. The Bertz CT molecular complexity index is 1030. The molecule has 1 N–H and O–H groups in total. The lowest BCUT2D eigenvalue weighted by Gasteiger charge is -2.19. The lowest BCUT2D eigenvalue weighted by atomic mass is 10.1. The molecule has 0 spiro atoms. The number of para-hydroxylation sites is 1. The van der Waals surface area contributed by atoms with Crippen molar-refractivity contribution >= 4 is 16.9 Å². The van der Waals surface area contributed by atoms with Gasteiger partial charge in [0.05, 0.1) is 29.4 Å². The Morgan fingerprint density at radius 2 is 1.77 bits per heavy atom. The summed E-state index contributed by atoms with van der Waals surface area (Å²) in [6, 6.07) is 9.91. The molecule has 4 aromatic rings. The van der Waals surface area contributed by atoms with Gasteiger partial charge in [-0.2, -0.15) is 10.2 Å². The lowest BCUT2D eigenvalue weighted by molar-refractivity contribution is 0.366. The smallest absolute Gasteiger partial charge is 0.163 e. The van der Waals surface area contributed by atoms with Crippen molar-refractivity contribution in [2.75, 3.05) is 5.32 Å². The number of hydrogen-bond donors (Lipinski definition) is 1. The SMILES string of the molecule is CC(C)(C)n1ncc2c(NCc3ncnn3-c3ccccc3)ncnc21. The molecule has 0 bridgehead atoms. The van der Waals surface area contributed by atoms with Crippen LogP contribution in [0, 0.1) is 0 Å². The van der Waals surface area contributed by atoms with E-state index in [-0.39, 0.29) is 5.54 Å². The summed E-state index contributed by atoms with van der Waals surface area (Å²) in [5.41, 5.74) is 1.62. The zero-order valence-corrected chi connectivity index (χ0v) is 15.0. The second kappa shape index (κ2) is 6.21. The van der Waals surface area contributed by atoms with Crippen molar-refractivity contribution in [1.82, 2.24) is 34.5 Å². The van der Waals surface area contributed by atoms with Gasteiger partial charge in [0.1, 0.15) is 18.5 Å². The maximum Gasteiger partial charge on any atom is 0.163 e. The van der Waals surface area contributed by atoms with E-state index in [9.17, 15) is 0 Å². The molecule has 0 aliphatic rings. The van der Waals surface area contributed by atoms with E-state index in [1.165, 1.54) is 0 Å².